The summed E-state index contributed by atoms with van der Waals surface area (Å²) in [6, 6.07) is 5.03. The molecule has 0 spiro atoms. The normalized spacial score (nSPS) is 20.4. The van der Waals surface area contributed by atoms with Crippen molar-refractivity contribution >= 4 is 11.9 Å². The lowest BCUT2D eigenvalue weighted by Gasteiger charge is -2.33. The Labute approximate surface area is 177 Å². The molecule has 1 aromatic rings. The first kappa shape index (κ1) is 22.5. The summed E-state index contributed by atoms with van der Waals surface area (Å²) >= 11 is 0. The minimum atomic E-state index is -0.508. The van der Waals surface area contributed by atoms with E-state index in [1.807, 2.05) is 4.90 Å². The van der Waals surface area contributed by atoms with E-state index in [1.165, 1.54) is 32.1 Å². The maximum atomic E-state index is 14.4. The molecule has 0 aromatic heterocycles. The first-order valence-electron chi connectivity index (χ1n) is 10.7. The van der Waals surface area contributed by atoms with E-state index in [-0.39, 0.29) is 24.2 Å². The topological polar surface area (TPSA) is 62.3 Å². The first-order chi connectivity index (χ1) is 14.5. The number of rotatable bonds is 8. The van der Waals surface area contributed by atoms with E-state index in [1.54, 1.807) is 11.0 Å². The Hall–Kier alpha value is -2.19. The average molecular weight is 422 g/mol. The van der Waals surface area contributed by atoms with Crippen molar-refractivity contribution < 1.29 is 23.5 Å². The molecule has 0 saturated carbocycles. The number of nitrogens with zero attached hydrogens (tertiary/aromatic N) is 3. The molecule has 0 aliphatic carbocycles. The highest BCUT2D eigenvalue weighted by Crippen LogP contribution is 2.20. The predicted molar refractivity (Wildman–Crippen MR) is 112 cm³/mol. The van der Waals surface area contributed by atoms with Gasteiger partial charge < -0.3 is 19.3 Å². The molecule has 2 heterocycles. The van der Waals surface area contributed by atoms with Gasteiger partial charge in [-0.1, -0.05) is 0 Å². The summed E-state index contributed by atoms with van der Waals surface area (Å²) in [4.78, 5) is 30.1. The van der Waals surface area contributed by atoms with Crippen LogP contribution in [-0.2, 0) is 4.74 Å². The van der Waals surface area contributed by atoms with Crippen molar-refractivity contribution in [1.82, 2.24) is 14.7 Å². The number of hydrogen-bond acceptors (Lipinski definition) is 6. The second-order valence-corrected chi connectivity index (χ2v) is 8.03. The van der Waals surface area contributed by atoms with E-state index in [0.29, 0.717) is 44.4 Å². The number of ketones is 1. The van der Waals surface area contributed by atoms with E-state index < -0.39 is 5.82 Å². The molecule has 0 N–H and O–H groups in total. The summed E-state index contributed by atoms with van der Waals surface area (Å²) in [5.41, 5.74) is 0.334. The van der Waals surface area contributed by atoms with Crippen LogP contribution >= 0.6 is 0 Å². The Balaban J connectivity index is 1.43. The number of carbonyl (C=O) groups excluding carboxylic acids is 2. The Morgan fingerprint density at radius 3 is 2.57 bits per heavy atom. The highest BCUT2D eigenvalue weighted by atomic mass is 19.1. The molecule has 0 radical (unpaired) electrons. The van der Waals surface area contributed by atoms with Gasteiger partial charge in [0, 0.05) is 44.3 Å². The maximum absolute atomic E-state index is 14.4. The van der Waals surface area contributed by atoms with Gasteiger partial charge in [0.2, 0.25) is 0 Å². The van der Waals surface area contributed by atoms with Gasteiger partial charge in [-0.05, 0) is 50.9 Å². The van der Waals surface area contributed by atoms with Crippen LogP contribution in [-0.4, -0.2) is 92.1 Å². The molecule has 8 heteroatoms. The van der Waals surface area contributed by atoms with E-state index in [0.717, 1.165) is 19.5 Å². The van der Waals surface area contributed by atoms with Gasteiger partial charge in [-0.15, -0.1) is 0 Å². The van der Waals surface area contributed by atoms with Crippen molar-refractivity contribution in [2.75, 3.05) is 59.5 Å². The number of carbonyl (C=O) groups is 2. The third-order valence-corrected chi connectivity index (χ3v) is 5.96. The number of hydrogen-bond donors (Lipinski definition) is 0. The summed E-state index contributed by atoms with van der Waals surface area (Å²) < 4.78 is 24.7. The van der Waals surface area contributed by atoms with Crippen molar-refractivity contribution in [2.24, 2.45) is 0 Å². The van der Waals surface area contributed by atoms with Crippen LogP contribution in [0.15, 0.2) is 18.2 Å². The van der Waals surface area contributed by atoms with Gasteiger partial charge in [-0.2, -0.15) is 0 Å². The fraction of sp³-hybridized carbons (Fsp3) is 0.636. The zero-order valence-corrected chi connectivity index (χ0v) is 17.9. The summed E-state index contributed by atoms with van der Waals surface area (Å²) in [6.07, 6.45) is 2.98. The van der Waals surface area contributed by atoms with Crippen molar-refractivity contribution in [3.05, 3.63) is 29.6 Å². The third-order valence-electron chi connectivity index (χ3n) is 5.96. The zero-order chi connectivity index (χ0) is 21.5. The number of benzene rings is 1. The van der Waals surface area contributed by atoms with E-state index >= 15 is 0 Å². The average Bonchev–Trinajstić information content (AvgIpc) is 3.16. The fourth-order valence-electron chi connectivity index (χ4n) is 4.08. The van der Waals surface area contributed by atoms with Crippen LogP contribution in [0.4, 0.5) is 9.18 Å². The van der Waals surface area contributed by atoms with Gasteiger partial charge in [0.15, 0.2) is 17.3 Å². The van der Waals surface area contributed by atoms with Crippen molar-refractivity contribution in [3.8, 4) is 5.75 Å². The van der Waals surface area contributed by atoms with Crippen LogP contribution < -0.4 is 4.74 Å². The number of ether oxygens (including phenoxy) is 2. The number of halogens is 1. The van der Waals surface area contributed by atoms with Crippen LogP contribution in [0.3, 0.4) is 0 Å². The molecule has 166 valence electrons. The molecule has 0 bridgehead atoms. The molecule has 2 aliphatic rings. The van der Waals surface area contributed by atoms with E-state index in [9.17, 15) is 14.0 Å². The van der Waals surface area contributed by atoms with E-state index in [4.69, 9.17) is 9.47 Å². The number of methoxy groups -OCH3 is 1. The third kappa shape index (κ3) is 5.92. The highest BCUT2D eigenvalue weighted by molar-refractivity contribution is 5.97. The van der Waals surface area contributed by atoms with Crippen LogP contribution in [0, 0.1) is 5.82 Å². The summed E-state index contributed by atoms with van der Waals surface area (Å²) in [5, 5.41) is 0. The Morgan fingerprint density at radius 2 is 1.93 bits per heavy atom. The molecular weight excluding hydrogens is 389 g/mol. The van der Waals surface area contributed by atoms with Crippen LogP contribution in [0.1, 0.15) is 36.5 Å². The van der Waals surface area contributed by atoms with Crippen LogP contribution in [0.25, 0.3) is 0 Å². The second kappa shape index (κ2) is 10.7. The number of likely N-dealkylation sites (tertiary alicyclic amines) is 1. The smallest absolute Gasteiger partial charge is 0.409 e. The minimum absolute atomic E-state index is 0.144. The van der Waals surface area contributed by atoms with Gasteiger partial charge in [0.05, 0.1) is 20.3 Å². The zero-order valence-electron chi connectivity index (χ0n) is 17.9. The molecule has 2 fully saturated rings. The lowest BCUT2D eigenvalue weighted by Crippen LogP contribution is -2.49. The molecule has 7 nitrogen and oxygen atoms in total. The molecule has 1 aromatic carbocycles. The molecular formula is C22H32FN3O4. The van der Waals surface area contributed by atoms with Crippen LogP contribution in [0.5, 0.6) is 5.75 Å². The summed E-state index contributed by atoms with van der Waals surface area (Å²) in [7, 11) is 1.36. The fourth-order valence-corrected chi connectivity index (χ4v) is 4.08. The van der Waals surface area contributed by atoms with Crippen molar-refractivity contribution in [3.63, 3.8) is 0 Å². The van der Waals surface area contributed by atoms with Gasteiger partial charge in [-0.3, -0.25) is 9.69 Å². The Kier molecular flexibility index (Phi) is 8.04. The van der Waals surface area contributed by atoms with Gasteiger partial charge in [-0.25, -0.2) is 9.18 Å². The highest BCUT2D eigenvalue weighted by Gasteiger charge is 2.23. The molecule has 2 aliphatic heterocycles. The largest absolute Gasteiger partial charge is 0.490 e. The Bertz CT molecular complexity index is 737. The molecule has 0 unspecified atom stereocenters. The number of piperazine rings is 1. The quantitative estimate of drug-likeness (QED) is 0.475. The number of amides is 1. The van der Waals surface area contributed by atoms with Crippen molar-refractivity contribution in [1.29, 1.82) is 0 Å². The summed E-state index contributed by atoms with van der Waals surface area (Å²) in [5.74, 6) is -0.464. The monoisotopic (exact) mass is 421 g/mol. The minimum Gasteiger partial charge on any atom is -0.490 e. The lowest BCUT2D eigenvalue weighted by atomic mass is 10.1. The molecule has 1 amide bonds. The molecule has 1 atom stereocenters. The predicted octanol–water partition coefficient (Wildman–Crippen LogP) is 2.65. The molecule has 3 rings (SSSR count). The molecule has 2 saturated heterocycles. The van der Waals surface area contributed by atoms with Crippen LogP contribution in [0.2, 0.25) is 0 Å². The maximum Gasteiger partial charge on any atom is 0.409 e. The molecule has 30 heavy (non-hydrogen) atoms. The second-order valence-electron chi connectivity index (χ2n) is 8.03. The number of Topliss-reactive ketones (excluding diaryl/α,β-unsaturated/α-hetero) is 1. The Morgan fingerprint density at radius 1 is 1.17 bits per heavy atom. The van der Waals surface area contributed by atoms with Gasteiger partial charge in [0.1, 0.15) is 0 Å². The lowest BCUT2D eigenvalue weighted by molar-refractivity contribution is 0.0790. The van der Waals surface area contributed by atoms with Crippen molar-refractivity contribution in [2.45, 2.75) is 32.2 Å². The van der Waals surface area contributed by atoms with Gasteiger partial charge in [0.25, 0.3) is 0 Å². The SMILES string of the molecule is COC(=O)N1CCN(CC(=O)c2ccc(OCCCN3CCC[C@H]3C)c(F)c2)CC1. The summed E-state index contributed by atoms with van der Waals surface area (Å²) in [6.45, 7) is 7.17. The standard InChI is InChI=1S/C22H32FN3O4/c1-17-5-3-8-25(17)9-4-14-30-21-7-6-18(15-19(21)23)20(27)16-24-10-12-26(13-11-24)22(28)29-2/h6-7,15,17H,3-5,8-14,16H2,1-2H3/t17-/m1/s1. The van der Waals surface area contributed by atoms with E-state index in [2.05, 4.69) is 11.8 Å². The van der Waals surface area contributed by atoms with Gasteiger partial charge >= 0.3 is 6.09 Å². The first-order valence-corrected chi connectivity index (χ1v) is 10.7.